The lowest BCUT2D eigenvalue weighted by atomic mass is 10.0. The molecule has 0 saturated carbocycles. The molecule has 2 aliphatic rings. The molecule has 1 fully saturated rings. The van der Waals surface area contributed by atoms with Crippen LogP contribution in [0.5, 0.6) is 5.75 Å². The summed E-state index contributed by atoms with van der Waals surface area (Å²) in [6.45, 7) is -0.0901. The Balaban J connectivity index is 1.54. The maximum atomic E-state index is 14.0. The second-order valence-corrected chi connectivity index (χ2v) is 11.4. The molecule has 1 saturated heterocycles. The van der Waals surface area contributed by atoms with Crippen LogP contribution in [-0.4, -0.2) is 63.4 Å². The van der Waals surface area contributed by atoms with Gasteiger partial charge < -0.3 is 14.8 Å². The van der Waals surface area contributed by atoms with Crippen LogP contribution in [0.3, 0.4) is 0 Å². The maximum absolute atomic E-state index is 14.0. The molecule has 2 aliphatic heterocycles. The molecule has 0 aromatic heterocycles. The van der Waals surface area contributed by atoms with E-state index in [2.05, 4.69) is 5.32 Å². The van der Waals surface area contributed by atoms with Gasteiger partial charge in [0.15, 0.2) is 0 Å². The van der Waals surface area contributed by atoms with Crippen LogP contribution in [0, 0.1) is 5.82 Å². The van der Waals surface area contributed by atoms with Crippen LogP contribution < -0.4 is 15.0 Å². The van der Waals surface area contributed by atoms with Gasteiger partial charge in [-0.2, -0.15) is 0 Å². The van der Waals surface area contributed by atoms with Gasteiger partial charge >= 0.3 is 0 Å². The fourth-order valence-corrected chi connectivity index (χ4v) is 6.46. The van der Waals surface area contributed by atoms with Crippen molar-refractivity contribution < 1.29 is 36.7 Å². The van der Waals surface area contributed by atoms with Gasteiger partial charge in [-0.05, 0) is 66.9 Å². The number of hydrogen-bond donors (Lipinski definition) is 1. The smallest absolute Gasteiger partial charge is 0.269 e. The number of benzene rings is 3. The normalized spacial score (nSPS) is 18.0. The third-order valence-electron chi connectivity index (χ3n) is 7.03. The van der Waals surface area contributed by atoms with Gasteiger partial charge in [-0.1, -0.05) is 24.3 Å². The second kappa shape index (κ2) is 11.7. The summed E-state index contributed by atoms with van der Waals surface area (Å²) in [5, 5.41) is 2.82. The molecule has 41 heavy (non-hydrogen) atoms. The summed E-state index contributed by atoms with van der Waals surface area (Å²) in [6.07, 6.45) is 1.43. The topological polar surface area (TPSA) is 122 Å². The van der Waals surface area contributed by atoms with Crippen LogP contribution >= 0.6 is 0 Å². The Kier molecular flexibility index (Phi) is 8.04. The van der Waals surface area contributed by atoms with Crippen molar-refractivity contribution >= 4 is 33.4 Å². The molecule has 1 N–H and O–H groups in total. The van der Waals surface area contributed by atoms with Gasteiger partial charge in [0.2, 0.25) is 11.8 Å². The number of nitrogens with one attached hydrogen (secondary N) is 1. The predicted octanol–water partition coefficient (Wildman–Crippen LogP) is 3.05. The molecule has 5 rings (SSSR count). The Bertz CT molecular complexity index is 1560. The number of amides is 3. The van der Waals surface area contributed by atoms with Crippen LogP contribution in [-0.2, 0) is 24.3 Å². The van der Waals surface area contributed by atoms with Crippen LogP contribution in [0.25, 0.3) is 0 Å². The highest BCUT2D eigenvalue weighted by molar-refractivity contribution is 7.90. The van der Waals surface area contributed by atoms with E-state index in [1.165, 1.54) is 55.6 Å². The zero-order chi connectivity index (χ0) is 29.1. The van der Waals surface area contributed by atoms with E-state index in [4.69, 9.17) is 9.47 Å². The Morgan fingerprint density at radius 3 is 2.44 bits per heavy atom. The average molecular weight is 582 g/mol. The van der Waals surface area contributed by atoms with Crippen LogP contribution in [0.2, 0.25) is 0 Å². The number of rotatable bonds is 9. The minimum Gasteiger partial charge on any atom is -0.497 e. The van der Waals surface area contributed by atoms with E-state index in [-0.39, 0.29) is 34.4 Å². The first-order valence-electron chi connectivity index (χ1n) is 13.0. The monoisotopic (exact) mass is 581 g/mol. The molecule has 0 spiro atoms. The molecule has 0 radical (unpaired) electrons. The molecule has 2 heterocycles. The lowest BCUT2D eigenvalue weighted by Crippen LogP contribution is -2.49. The van der Waals surface area contributed by atoms with Crippen molar-refractivity contribution in [2.75, 3.05) is 31.7 Å². The Labute approximate surface area is 236 Å². The zero-order valence-electron chi connectivity index (χ0n) is 22.2. The maximum Gasteiger partial charge on any atom is 0.269 e. The van der Waals surface area contributed by atoms with E-state index in [9.17, 15) is 27.2 Å². The van der Waals surface area contributed by atoms with Gasteiger partial charge in [0.1, 0.15) is 29.0 Å². The quantitative estimate of drug-likeness (QED) is 0.412. The minimum absolute atomic E-state index is 0.0410. The number of hydrogen-bond acceptors (Lipinski definition) is 7. The lowest BCUT2D eigenvalue weighted by molar-refractivity contribution is -0.127. The van der Waals surface area contributed by atoms with Gasteiger partial charge in [0.25, 0.3) is 15.9 Å². The van der Waals surface area contributed by atoms with Crippen molar-refractivity contribution in [3.63, 3.8) is 0 Å². The molecule has 0 bridgehead atoms. The number of sulfonamides is 1. The molecule has 0 aliphatic carbocycles. The highest BCUT2D eigenvalue weighted by atomic mass is 32.2. The Morgan fingerprint density at radius 1 is 1.10 bits per heavy atom. The number of anilines is 1. The van der Waals surface area contributed by atoms with Crippen molar-refractivity contribution in [3.05, 3.63) is 89.7 Å². The molecule has 214 valence electrons. The van der Waals surface area contributed by atoms with Crippen molar-refractivity contribution in [2.45, 2.75) is 29.9 Å². The van der Waals surface area contributed by atoms with Crippen molar-refractivity contribution in [2.24, 2.45) is 0 Å². The van der Waals surface area contributed by atoms with Gasteiger partial charge in [0, 0.05) is 18.8 Å². The molecular weight excluding hydrogens is 553 g/mol. The lowest BCUT2D eigenvalue weighted by Gasteiger charge is -2.33. The van der Waals surface area contributed by atoms with Crippen LogP contribution in [0.15, 0.2) is 77.7 Å². The van der Waals surface area contributed by atoms with E-state index in [0.717, 1.165) is 29.9 Å². The van der Waals surface area contributed by atoms with E-state index in [1.54, 1.807) is 12.1 Å². The fourth-order valence-electron chi connectivity index (χ4n) is 4.95. The number of carbonyl (C=O) groups excluding carboxylic acids is 3. The summed E-state index contributed by atoms with van der Waals surface area (Å²) in [4.78, 5) is 41.8. The Hall–Kier alpha value is -4.29. The van der Waals surface area contributed by atoms with Crippen molar-refractivity contribution in [1.29, 1.82) is 0 Å². The van der Waals surface area contributed by atoms with E-state index < -0.39 is 46.1 Å². The molecule has 2 atom stereocenters. The molecule has 3 aromatic carbocycles. The number of ether oxygens (including phenoxy) is 2. The molecule has 3 aromatic rings. The third kappa shape index (κ3) is 5.66. The number of nitrogens with zero attached hydrogens (tertiary/aromatic N) is 2. The average Bonchev–Trinajstić information content (AvgIpc) is 3.57. The number of fused-ring (bicyclic) bond motifs is 1. The van der Waals surface area contributed by atoms with Crippen molar-refractivity contribution in [1.82, 2.24) is 9.62 Å². The second-order valence-electron chi connectivity index (χ2n) is 9.61. The first-order chi connectivity index (χ1) is 19.7. The summed E-state index contributed by atoms with van der Waals surface area (Å²) in [6, 6.07) is 15.7. The van der Waals surface area contributed by atoms with E-state index in [1.807, 2.05) is 0 Å². The highest BCUT2D eigenvalue weighted by Crippen LogP contribution is 2.33. The fraction of sp³-hybridized carbons (Fsp3) is 0.276. The summed E-state index contributed by atoms with van der Waals surface area (Å²) in [7, 11) is -2.83. The van der Waals surface area contributed by atoms with Crippen LogP contribution in [0.4, 0.5) is 10.1 Å². The van der Waals surface area contributed by atoms with Gasteiger partial charge in [-0.15, -0.1) is 0 Å². The molecule has 12 heteroatoms. The number of methoxy groups -OCH3 is 1. The summed E-state index contributed by atoms with van der Waals surface area (Å²) in [5.41, 5.74) is 0.471. The summed E-state index contributed by atoms with van der Waals surface area (Å²) >= 11 is 0. The van der Waals surface area contributed by atoms with Crippen LogP contribution in [0.1, 0.15) is 34.8 Å². The van der Waals surface area contributed by atoms with Gasteiger partial charge in [-0.25, -0.2) is 17.1 Å². The first-order valence-corrected chi connectivity index (χ1v) is 14.4. The SMILES string of the molecule is COc1ccc(N(C(=O)CN2C(=O)c3ccccc3S2(=O)=O)C(C(=O)NCC2CCCO2)c2ccc(F)cc2)cc1. The highest BCUT2D eigenvalue weighted by Gasteiger charge is 2.44. The molecule has 3 amide bonds. The summed E-state index contributed by atoms with van der Waals surface area (Å²) < 4.78 is 51.6. The number of carbonyl (C=O) groups is 3. The van der Waals surface area contributed by atoms with E-state index in [0.29, 0.717) is 16.7 Å². The minimum atomic E-state index is -4.30. The molecule has 10 nitrogen and oxygen atoms in total. The van der Waals surface area contributed by atoms with Gasteiger partial charge in [0.05, 0.1) is 18.8 Å². The number of halogens is 1. The summed E-state index contributed by atoms with van der Waals surface area (Å²) in [5.74, 6) is -2.34. The zero-order valence-corrected chi connectivity index (χ0v) is 23.0. The van der Waals surface area contributed by atoms with Crippen molar-refractivity contribution in [3.8, 4) is 5.75 Å². The Morgan fingerprint density at radius 2 is 1.80 bits per heavy atom. The van der Waals surface area contributed by atoms with Gasteiger partial charge in [-0.3, -0.25) is 19.3 Å². The molecule has 2 unspecified atom stereocenters. The largest absolute Gasteiger partial charge is 0.497 e. The first kappa shape index (κ1) is 28.2. The third-order valence-corrected chi connectivity index (χ3v) is 8.82. The standard InChI is InChI=1S/C29H28FN3O7S/c1-39-22-14-12-21(13-15-22)33(26(34)18-32-29(36)24-6-2-3-7-25(24)41(32,37)38)27(19-8-10-20(30)11-9-19)28(35)31-17-23-5-4-16-40-23/h2-3,6-15,23,27H,4-5,16-18H2,1H3,(H,31,35). The predicted molar refractivity (Wildman–Crippen MR) is 146 cm³/mol. The van der Waals surface area contributed by atoms with E-state index >= 15 is 0 Å². The molecular formula is C29H28FN3O7S.